The van der Waals surface area contributed by atoms with Crippen molar-refractivity contribution in [2.24, 2.45) is 0 Å². The molecule has 0 aliphatic rings. The van der Waals surface area contributed by atoms with Crippen molar-refractivity contribution in [3.8, 4) is 5.75 Å². The van der Waals surface area contributed by atoms with Crippen molar-refractivity contribution in [1.82, 2.24) is 5.32 Å². The zero-order valence-corrected chi connectivity index (χ0v) is 13.6. The molecule has 0 heterocycles. The molecule has 0 radical (unpaired) electrons. The Kier molecular flexibility index (Phi) is 6.64. The molecule has 0 fully saturated rings. The Balaban J connectivity index is 1.84. The standard InChI is InChI=1S/C18H23NOS/c1-3-19-14-16-13-15(2)9-10-18(16)20-11-12-21-17-7-5-4-6-8-17/h4-10,13,19H,3,11-12,14H2,1-2H3. The van der Waals surface area contributed by atoms with Crippen molar-refractivity contribution in [2.45, 2.75) is 25.3 Å². The Bertz CT molecular complexity index is 542. The zero-order valence-electron chi connectivity index (χ0n) is 12.8. The molecular weight excluding hydrogens is 278 g/mol. The topological polar surface area (TPSA) is 21.3 Å². The largest absolute Gasteiger partial charge is 0.492 e. The predicted octanol–water partition coefficient (Wildman–Crippen LogP) is 4.28. The molecule has 0 amide bonds. The smallest absolute Gasteiger partial charge is 0.123 e. The average molecular weight is 301 g/mol. The lowest BCUT2D eigenvalue weighted by atomic mass is 10.1. The summed E-state index contributed by atoms with van der Waals surface area (Å²) in [5.41, 5.74) is 2.51. The summed E-state index contributed by atoms with van der Waals surface area (Å²) < 4.78 is 5.95. The molecule has 21 heavy (non-hydrogen) atoms. The molecule has 3 heteroatoms. The summed E-state index contributed by atoms with van der Waals surface area (Å²) in [5.74, 6) is 1.95. The molecule has 0 bridgehead atoms. The van der Waals surface area contributed by atoms with E-state index >= 15 is 0 Å². The van der Waals surface area contributed by atoms with Gasteiger partial charge in [0.15, 0.2) is 0 Å². The molecule has 0 aliphatic heterocycles. The van der Waals surface area contributed by atoms with Crippen LogP contribution in [0.2, 0.25) is 0 Å². The second kappa shape index (κ2) is 8.75. The van der Waals surface area contributed by atoms with Crippen LogP contribution in [0.4, 0.5) is 0 Å². The van der Waals surface area contributed by atoms with E-state index in [1.807, 2.05) is 17.8 Å². The Morgan fingerprint density at radius 2 is 1.90 bits per heavy atom. The van der Waals surface area contributed by atoms with Crippen LogP contribution in [0.1, 0.15) is 18.1 Å². The minimum Gasteiger partial charge on any atom is -0.492 e. The van der Waals surface area contributed by atoms with Gasteiger partial charge in [0, 0.05) is 22.8 Å². The average Bonchev–Trinajstić information content (AvgIpc) is 2.52. The van der Waals surface area contributed by atoms with E-state index in [-0.39, 0.29) is 0 Å². The third-order valence-corrected chi connectivity index (χ3v) is 4.11. The van der Waals surface area contributed by atoms with E-state index in [2.05, 4.69) is 61.6 Å². The zero-order chi connectivity index (χ0) is 14.9. The second-order valence-corrected chi connectivity index (χ2v) is 6.07. The number of nitrogens with one attached hydrogen (secondary N) is 1. The molecule has 2 nitrogen and oxygen atoms in total. The van der Waals surface area contributed by atoms with Crippen LogP contribution >= 0.6 is 11.8 Å². The van der Waals surface area contributed by atoms with Gasteiger partial charge < -0.3 is 10.1 Å². The molecule has 0 saturated carbocycles. The summed E-state index contributed by atoms with van der Waals surface area (Å²) in [6.45, 7) is 6.79. The molecule has 0 aromatic heterocycles. The predicted molar refractivity (Wildman–Crippen MR) is 91.2 cm³/mol. The van der Waals surface area contributed by atoms with Crippen LogP contribution in [0.3, 0.4) is 0 Å². The highest BCUT2D eigenvalue weighted by Gasteiger charge is 2.04. The van der Waals surface area contributed by atoms with Gasteiger partial charge in [0.05, 0.1) is 6.61 Å². The minimum absolute atomic E-state index is 0.724. The van der Waals surface area contributed by atoms with Gasteiger partial charge in [-0.25, -0.2) is 0 Å². The molecule has 1 N–H and O–H groups in total. The van der Waals surface area contributed by atoms with E-state index in [1.54, 1.807) is 0 Å². The quantitative estimate of drug-likeness (QED) is 0.581. The van der Waals surface area contributed by atoms with E-state index in [0.717, 1.165) is 31.2 Å². The van der Waals surface area contributed by atoms with E-state index in [1.165, 1.54) is 16.0 Å². The number of benzene rings is 2. The highest BCUT2D eigenvalue weighted by atomic mass is 32.2. The van der Waals surface area contributed by atoms with Gasteiger partial charge in [-0.2, -0.15) is 0 Å². The van der Waals surface area contributed by atoms with Gasteiger partial charge in [0.1, 0.15) is 5.75 Å². The van der Waals surface area contributed by atoms with E-state index in [4.69, 9.17) is 4.74 Å². The van der Waals surface area contributed by atoms with Crippen LogP contribution in [0.5, 0.6) is 5.75 Å². The van der Waals surface area contributed by atoms with Crippen LogP contribution in [0.15, 0.2) is 53.4 Å². The molecule has 0 aliphatic carbocycles. The monoisotopic (exact) mass is 301 g/mol. The van der Waals surface area contributed by atoms with Gasteiger partial charge in [-0.05, 0) is 31.7 Å². The van der Waals surface area contributed by atoms with Crippen LogP contribution in [-0.4, -0.2) is 18.9 Å². The van der Waals surface area contributed by atoms with Crippen molar-refractivity contribution in [3.05, 3.63) is 59.7 Å². The fourth-order valence-corrected chi connectivity index (χ4v) is 2.83. The number of thioether (sulfide) groups is 1. The Hall–Kier alpha value is -1.45. The maximum Gasteiger partial charge on any atom is 0.123 e. The van der Waals surface area contributed by atoms with Crippen LogP contribution in [-0.2, 0) is 6.54 Å². The minimum atomic E-state index is 0.724. The van der Waals surface area contributed by atoms with E-state index in [0.29, 0.717) is 0 Å². The van der Waals surface area contributed by atoms with E-state index < -0.39 is 0 Å². The summed E-state index contributed by atoms with van der Waals surface area (Å²) >= 11 is 1.83. The summed E-state index contributed by atoms with van der Waals surface area (Å²) in [6.07, 6.45) is 0. The third kappa shape index (κ3) is 5.44. The number of aryl methyl sites for hydroxylation is 1. The van der Waals surface area contributed by atoms with Crippen molar-refractivity contribution in [1.29, 1.82) is 0 Å². The number of hydrogen-bond donors (Lipinski definition) is 1. The van der Waals surface area contributed by atoms with Crippen molar-refractivity contribution in [3.63, 3.8) is 0 Å². The second-order valence-electron chi connectivity index (χ2n) is 4.90. The number of ether oxygens (including phenoxy) is 1. The fraction of sp³-hybridized carbons (Fsp3) is 0.333. The van der Waals surface area contributed by atoms with Gasteiger partial charge in [0.25, 0.3) is 0 Å². The van der Waals surface area contributed by atoms with Crippen molar-refractivity contribution >= 4 is 11.8 Å². The molecule has 0 unspecified atom stereocenters. The lowest BCUT2D eigenvalue weighted by Crippen LogP contribution is -2.13. The lowest BCUT2D eigenvalue weighted by molar-refractivity contribution is 0.339. The molecule has 2 aromatic carbocycles. The van der Waals surface area contributed by atoms with Crippen molar-refractivity contribution in [2.75, 3.05) is 18.9 Å². The summed E-state index contributed by atoms with van der Waals surface area (Å²) in [4.78, 5) is 1.29. The summed E-state index contributed by atoms with van der Waals surface area (Å²) in [5, 5.41) is 3.36. The van der Waals surface area contributed by atoms with Gasteiger partial charge in [0.2, 0.25) is 0 Å². The van der Waals surface area contributed by atoms with Crippen LogP contribution in [0, 0.1) is 6.92 Å². The lowest BCUT2D eigenvalue weighted by Gasteiger charge is -2.12. The first kappa shape index (κ1) is 15.9. The maximum absolute atomic E-state index is 5.95. The highest BCUT2D eigenvalue weighted by Crippen LogP contribution is 2.21. The van der Waals surface area contributed by atoms with Crippen LogP contribution < -0.4 is 10.1 Å². The molecule has 0 atom stereocenters. The summed E-state index contributed by atoms with van der Waals surface area (Å²) in [7, 11) is 0. The molecule has 0 spiro atoms. The normalized spacial score (nSPS) is 10.6. The van der Waals surface area contributed by atoms with Gasteiger partial charge in [-0.1, -0.05) is 42.8 Å². The van der Waals surface area contributed by atoms with Gasteiger partial charge in [-0.3, -0.25) is 0 Å². The first-order valence-electron chi connectivity index (χ1n) is 7.40. The molecule has 2 rings (SSSR count). The Morgan fingerprint density at radius 3 is 2.67 bits per heavy atom. The molecular formula is C18H23NOS. The molecule has 2 aromatic rings. The number of hydrogen-bond acceptors (Lipinski definition) is 3. The maximum atomic E-state index is 5.95. The Labute approximate surface area is 131 Å². The number of rotatable bonds is 8. The first-order valence-corrected chi connectivity index (χ1v) is 8.39. The third-order valence-electron chi connectivity index (χ3n) is 3.13. The highest BCUT2D eigenvalue weighted by molar-refractivity contribution is 7.99. The Morgan fingerprint density at radius 1 is 1.10 bits per heavy atom. The first-order chi connectivity index (χ1) is 10.3. The fourth-order valence-electron chi connectivity index (χ4n) is 2.07. The van der Waals surface area contributed by atoms with Crippen molar-refractivity contribution < 1.29 is 4.74 Å². The van der Waals surface area contributed by atoms with Gasteiger partial charge >= 0.3 is 0 Å². The summed E-state index contributed by atoms with van der Waals surface area (Å²) in [6, 6.07) is 16.8. The van der Waals surface area contributed by atoms with Crippen LogP contribution in [0.25, 0.3) is 0 Å². The molecule has 0 saturated heterocycles. The molecule has 112 valence electrons. The van der Waals surface area contributed by atoms with E-state index in [9.17, 15) is 0 Å². The SMILES string of the molecule is CCNCc1cc(C)ccc1OCCSc1ccccc1. The van der Waals surface area contributed by atoms with Gasteiger partial charge in [-0.15, -0.1) is 11.8 Å².